The average molecular weight is 275 g/mol. The zero-order chi connectivity index (χ0) is 14.0. The van der Waals surface area contributed by atoms with Crippen molar-refractivity contribution in [3.63, 3.8) is 0 Å². The fourth-order valence-electron chi connectivity index (χ4n) is 1.53. The van der Waals surface area contributed by atoms with Crippen LogP contribution in [0.3, 0.4) is 0 Å². The number of carbonyl (C=O) groups excluding carboxylic acids is 1. The second kappa shape index (κ2) is 5.08. The van der Waals surface area contributed by atoms with Crippen molar-refractivity contribution in [2.45, 2.75) is 6.92 Å². The van der Waals surface area contributed by atoms with Gasteiger partial charge in [-0.2, -0.15) is 5.26 Å². The number of thiophene rings is 1. The van der Waals surface area contributed by atoms with Crippen molar-refractivity contribution >= 4 is 28.6 Å². The molecule has 0 fully saturated rings. The van der Waals surface area contributed by atoms with Gasteiger partial charge in [0.15, 0.2) is 0 Å². The predicted octanol–water partition coefficient (Wildman–Crippen LogP) is 2.90. The van der Waals surface area contributed by atoms with Gasteiger partial charge in [0.1, 0.15) is 17.4 Å². The van der Waals surface area contributed by atoms with Crippen molar-refractivity contribution in [3.8, 4) is 6.07 Å². The third-order valence-corrected chi connectivity index (χ3v) is 3.62. The van der Waals surface area contributed by atoms with Crippen LogP contribution >= 0.6 is 11.3 Å². The van der Waals surface area contributed by atoms with Gasteiger partial charge in [0, 0.05) is 10.6 Å². The Morgan fingerprint density at radius 3 is 2.84 bits per heavy atom. The van der Waals surface area contributed by atoms with E-state index in [4.69, 9.17) is 11.0 Å². The molecule has 3 N–H and O–H groups in total. The monoisotopic (exact) mass is 275 g/mol. The lowest BCUT2D eigenvalue weighted by atomic mass is 10.2. The number of benzene rings is 1. The van der Waals surface area contributed by atoms with Crippen LogP contribution in [0.25, 0.3) is 0 Å². The summed E-state index contributed by atoms with van der Waals surface area (Å²) < 4.78 is 13.4. The largest absolute Gasteiger partial charge is 0.398 e. The van der Waals surface area contributed by atoms with Crippen molar-refractivity contribution < 1.29 is 9.18 Å². The molecule has 4 nitrogen and oxygen atoms in total. The molecular weight excluding hydrogens is 265 g/mol. The van der Waals surface area contributed by atoms with E-state index in [1.807, 2.05) is 0 Å². The molecule has 0 aliphatic carbocycles. The summed E-state index contributed by atoms with van der Waals surface area (Å²) in [5.41, 5.74) is 6.17. The van der Waals surface area contributed by atoms with Crippen molar-refractivity contribution in [2.24, 2.45) is 0 Å². The van der Waals surface area contributed by atoms with Crippen LogP contribution in [-0.4, -0.2) is 5.91 Å². The molecule has 0 unspecified atom stereocenters. The molecule has 1 aromatic carbocycles. The van der Waals surface area contributed by atoms with Gasteiger partial charge < -0.3 is 11.1 Å². The summed E-state index contributed by atoms with van der Waals surface area (Å²) in [5.74, 6) is -1.07. The molecule has 0 saturated heterocycles. The van der Waals surface area contributed by atoms with E-state index in [0.29, 0.717) is 10.6 Å². The van der Waals surface area contributed by atoms with Gasteiger partial charge in [-0.15, -0.1) is 11.3 Å². The van der Waals surface area contributed by atoms with Crippen LogP contribution in [0.1, 0.15) is 20.1 Å². The first-order chi connectivity index (χ1) is 9.02. The standard InChI is InChI=1S/C13H10FN3OS/c1-7-10(16)5-12(19-7)13(18)17-11-4-2-3-9(14)8(11)6-15/h2-5H,16H2,1H3,(H,17,18). The highest BCUT2D eigenvalue weighted by atomic mass is 32.1. The maximum absolute atomic E-state index is 13.4. The number of aryl methyl sites for hydroxylation is 1. The number of rotatable bonds is 2. The Bertz CT molecular complexity index is 668. The Hall–Kier alpha value is -2.39. The lowest BCUT2D eigenvalue weighted by Crippen LogP contribution is -2.11. The van der Waals surface area contributed by atoms with Gasteiger partial charge in [0.25, 0.3) is 5.91 Å². The van der Waals surface area contributed by atoms with Crippen LogP contribution in [0.4, 0.5) is 15.8 Å². The molecule has 1 heterocycles. The molecule has 2 rings (SSSR count). The smallest absolute Gasteiger partial charge is 0.265 e. The zero-order valence-corrected chi connectivity index (χ0v) is 10.8. The summed E-state index contributed by atoms with van der Waals surface area (Å²) in [7, 11) is 0. The minimum Gasteiger partial charge on any atom is -0.398 e. The SMILES string of the molecule is Cc1sc(C(=O)Nc2cccc(F)c2C#N)cc1N. The van der Waals surface area contributed by atoms with Gasteiger partial charge in [-0.1, -0.05) is 6.07 Å². The molecule has 0 bridgehead atoms. The first kappa shape index (κ1) is 13.1. The third-order valence-electron chi connectivity index (χ3n) is 2.55. The van der Waals surface area contributed by atoms with Crippen LogP contribution in [0.15, 0.2) is 24.3 Å². The molecule has 1 aromatic heterocycles. The highest BCUT2D eigenvalue weighted by Gasteiger charge is 2.14. The van der Waals surface area contributed by atoms with E-state index in [-0.39, 0.29) is 11.3 Å². The van der Waals surface area contributed by atoms with E-state index in [1.165, 1.54) is 29.5 Å². The number of nitrogens with zero attached hydrogens (tertiary/aromatic N) is 1. The van der Waals surface area contributed by atoms with Crippen molar-refractivity contribution in [1.82, 2.24) is 0 Å². The predicted molar refractivity (Wildman–Crippen MR) is 72.5 cm³/mol. The Balaban J connectivity index is 2.30. The number of carbonyl (C=O) groups is 1. The van der Waals surface area contributed by atoms with Gasteiger partial charge >= 0.3 is 0 Å². The number of nitrogen functional groups attached to an aromatic ring is 1. The Kier molecular flexibility index (Phi) is 3.49. The van der Waals surface area contributed by atoms with Gasteiger partial charge in [-0.05, 0) is 25.1 Å². The molecule has 0 spiro atoms. The number of nitrogens with two attached hydrogens (primary N) is 1. The summed E-state index contributed by atoms with van der Waals surface area (Å²) >= 11 is 1.25. The van der Waals surface area contributed by atoms with E-state index in [9.17, 15) is 9.18 Å². The Morgan fingerprint density at radius 2 is 2.26 bits per heavy atom. The number of nitrogens with one attached hydrogen (secondary N) is 1. The number of nitriles is 1. The van der Waals surface area contributed by atoms with Gasteiger partial charge in [0.05, 0.1) is 10.6 Å². The first-order valence-electron chi connectivity index (χ1n) is 5.39. The van der Waals surface area contributed by atoms with E-state index in [0.717, 1.165) is 4.88 Å². The number of anilines is 2. The maximum atomic E-state index is 13.4. The summed E-state index contributed by atoms with van der Waals surface area (Å²) in [6, 6.07) is 7.36. The van der Waals surface area contributed by atoms with Crippen LogP contribution < -0.4 is 11.1 Å². The van der Waals surface area contributed by atoms with Crippen LogP contribution in [-0.2, 0) is 0 Å². The first-order valence-corrected chi connectivity index (χ1v) is 6.20. The van der Waals surface area contributed by atoms with E-state index >= 15 is 0 Å². The van der Waals surface area contributed by atoms with Crippen molar-refractivity contribution in [2.75, 3.05) is 11.1 Å². The van der Waals surface area contributed by atoms with Crippen molar-refractivity contribution in [3.05, 3.63) is 45.4 Å². The number of hydrogen-bond donors (Lipinski definition) is 2. The Labute approximate surface area is 113 Å². The fraction of sp³-hybridized carbons (Fsp3) is 0.0769. The second-order valence-electron chi connectivity index (χ2n) is 3.85. The van der Waals surface area contributed by atoms with E-state index in [1.54, 1.807) is 19.1 Å². The maximum Gasteiger partial charge on any atom is 0.265 e. The number of halogens is 1. The highest BCUT2D eigenvalue weighted by Crippen LogP contribution is 2.25. The molecule has 2 aromatic rings. The molecule has 0 aliphatic heterocycles. The third kappa shape index (κ3) is 2.56. The fourth-order valence-corrected chi connectivity index (χ4v) is 2.37. The lowest BCUT2D eigenvalue weighted by Gasteiger charge is -2.05. The molecule has 0 atom stereocenters. The number of amides is 1. The highest BCUT2D eigenvalue weighted by molar-refractivity contribution is 7.14. The molecule has 0 radical (unpaired) electrons. The minimum atomic E-state index is -0.665. The van der Waals surface area contributed by atoms with E-state index < -0.39 is 11.7 Å². The normalized spacial score (nSPS) is 9.95. The molecule has 0 saturated carbocycles. The number of hydrogen-bond acceptors (Lipinski definition) is 4. The molecule has 0 aliphatic rings. The molecule has 96 valence electrons. The zero-order valence-electron chi connectivity index (χ0n) is 10.0. The summed E-state index contributed by atoms with van der Waals surface area (Å²) in [6.07, 6.45) is 0. The summed E-state index contributed by atoms with van der Waals surface area (Å²) in [5, 5.41) is 11.4. The van der Waals surface area contributed by atoms with Crippen molar-refractivity contribution in [1.29, 1.82) is 5.26 Å². The Morgan fingerprint density at radius 1 is 1.53 bits per heavy atom. The summed E-state index contributed by atoms with van der Waals surface area (Å²) in [4.78, 5) is 13.2. The quantitative estimate of drug-likeness (QED) is 0.884. The minimum absolute atomic E-state index is 0.150. The van der Waals surface area contributed by atoms with Gasteiger partial charge in [-0.3, -0.25) is 4.79 Å². The van der Waals surface area contributed by atoms with Crippen LogP contribution in [0.5, 0.6) is 0 Å². The molecule has 1 amide bonds. The van der Waals surface area contributed by atoms with Crippen LogP contribution in [0.2, 0.25) is 0 Å². The molecule has 6 heteroatoms. The summed E-state index contributed by atoms with van der Waals surface area (Å²) in [6.45, 7) is 1.81. The second-order valence-corrected chi connectivity index (χ2v) is 5.11. The van der Waals surface area contributed by atoms with Gasteiger partial charge in [-0.25, -0.2) is 4.39 Å². The van der Waals surface area contributed by atoms with Gasteiger partial charge in [0.2, 0.25) is 0 Å². The molecular formula is C13H10FN3OS. The lowest BCUT2D eigenvalue weighted by molar-refractivity contribution is 0.103. The topological polar surface area (TPSA) is 78.9 Å². The van der Waals surface area contributed by atoms with E-state index in [2.05, 4.69) is 5.32 Å². The average Bonchev–Trinajstić information content (AvgIpc) is 2.70. The van der Waals surface area contributed by atoms with Crippen LogP contribution in [0, 0.1) is 24.1 Å². The molecule has 19 heavy (non-hydrogen) atoms.